The number of halogens is 2. The highest BCUT2D eigenvalue weighted by molar-refractivity contribution is 6.42. The molecule has 1 nitrogen and oxygen atoms in total. The molecule has 1 aliphatic carbocycles. The van der Waals surface area contributed by atoms with Crippen LogP contribution in [0.25, 0.3) is 0 Å². The van der Waals surface area contributed by atoms with E-state index in [4.69, 9.17) is 23.2 Å². The van der Waals surface area contributed by atoms with Crippen LogP contribution >= 0.6 is 23.2 Å². The smallest absolute Gasteiger partial charge is 0.0595 e. The van der Waals surface area contributed by atoms with E-state index in [9.17, 15) is 0 Å². The molecule has 0 aromatic heterocycles. The number of benzene rings is 2. The summed E-state index contributed by atoms with van der Waals surface area (Å²) < 4.78 is 0. The summed E-state index contributed by atoms with van der Waals surface area (Å²) >= 11 is 12.2. The standard InChI is InChI=1S/C18H19Cl2N/c1-2-21-18(13-8-9-16(19)17(20)10-13)15-11-14(15)12-6-4-3-5-7-12/h3-10,14-15,18,21H,2,11H2,1H3. The minimum Gasteiger partial charge on any atom is -0.310 e. The summed E-state index contributed by atoms with van der Waals surface area (Å²) in [4.78, 5) is 0. The van der Waals surface area contributed by atoms with Gasteiger partial charge in [-0.05, 0) is 48.1 Å². The monoisotopic (exact) mass is 319 g/mol. The van der Waals surface area contributed by atoms with E-state index in [0.717, 1.165) is 6.54 Å². The van der Waals surface area contributed by atoms with Gasteiger partial charge in [0.1, 0.15) is 0 Å². The fraction of sp³-hybridized carbons (Fsp3) is 0.333. The van der Waals surface area contributed by atoms with Crippen LogP contribution in [0.3, 0.4) is 0 Å². The van der Waals surface area contributed by atoms with Crippen molar-refractivity contribution in [1.82, 2.24) is 5.32 Å². The van der Waals surface area contributed by atoms with Gasteiger partial charge in [0.15, 0.2) is 0 Å². The van der Waals surface area contributed by atoms with Gasteiger partial charge in [0.05, 0.1) is 10.0 Å². The molecule has 0 bridgehead atoms. The molecule has 3 rings (SSSR count). The third-order valence-electron chi connectivity index (χ3n) is 4.22. The first kappa shape index (κ1) is 14.9. The predicted molar refractivity (Wildman–Crippen MR) is 90.2 cm³/mol. The molecule has 0 amide bonds. The van der Waals surface area contributed by atoms with E-state index < -0.39 is 0 Å². The zero-order valence-electron chi connectivity index (χ0n) is 12.0. The Kier molecular flexibility index (Phi) is 4.54. The van der Waals surface area contributed by atoms with Crippen molar-refractivity contribution in [2.45, 2.75) is 25.3 Å². The summed E-state index contributed by atoms with van der Waals surface area (Å²) in [6, 6.07) is 17.1. The van der Waals surface area contributed by atoms with E-state index >= 15 is 0 Å². The van der Waals surface area contributed by atoms with Crippen LogP contribution in [0.5, 0.6) is 0 Å². The Morgan fingerprint density at radius 1 is 1.10 bits per heavy atom. The van der Waals surface area contributed by atoms with E-state index in [1.165, 1.54) is 17.5 Å². The number of hydrogen-bond acceptors (Lipinski definition) is 1. The van der Waals surface area contributed by atoms with Crippen LogP contribution < -0.4 is 5.32 Å². The average Bonchev–Trinajstić information content (AvgIpc) is 3.29. The average molecular weight is 320 g/mol. The summed E-state index contributed by atoms with van der Waals surface area (Å²) in [6.45, 7) is 3.09. The molecular formula is C18H19Cl2N. The van der Waals surface area contributed by atoms with Gasteiger partial charge in [-0.25, -0.2) is 0 Å². The second kappa shape index (κ2) is 6.39. The minimum atomic E-state index is 0.343. The molecule has 0 radical (unpaired) electrons. The molecular weight excluding hydrogens is 301 g/mol. The fourth-order valence-electron chi connectivity index (χ4n) is 3.11. The molecule has 3 unspecified atom stereocenters. The van der Waals surface area contributed by atoms with Crippen LogP contribution in [0.15, 0.2) is 48.5 Å². The first-order valence-corrected chi connectivity index (χ1v) is 8.19. The van der Waals surface area contributed by atoms with Crippen LogP contribution in [0.2, 0.25) is 10.0 Å². The molecule has 0 heterocycles. The number of rotatable bonds is 5. The Hall–Kier alpha value is -1.02. The van der Waals surface area contributed by atoms with Crippen molar-refractivity contribution in [1.29, 1.82) is 0 Å². The van der Waals surface area contributed by atoms with Crippen LogP contribution in [0.1, 0.15) is 36.4 Å². The van der Waals surface area contributed by atoms with Gasteiger partial charge in [0.25, 0.3) is 0 Å². The van der Waals surface area contributed by atoms with Gasteiger partial charge in [-0.2, -0.15) is 0 Å². The van der Waals surface area contributed by atoms with Crippen molar-refractivity contribution < 1.29 is 0 Å². The molecule has 2 aromatic carbocycles. The SMILES string of the molecule is CCNC(c1ccc(Cl)c(Cl)c1)C1CC1c1ccccc1. The maximum Gasteiger partial charge on any atom is 0.0595 e. The van der Waals surface area contributed by atoms with Gasteiger partial charge in [-0.1, -0.05) is 66.5 Å². The summed E-state index contributed by atoms with van der Waals surface area (Å²) in [5.41, 5.74) is 2.67. The molecule has 1 fully saturated rings. The van der Waals surface area contributed by atoms with Crippen LogP contribution in [0, 0.1) is 5.92 Å². The van der Waals surface area contributed by atoms with Gasteiger partial charge < -0.3 is 5.32 Å². The summed E-state index contributed by atoms with van der Waals surface area (Å²) in [6.07, 6.45) is 1.22. The quantitative estimate of drug-likeness (QED) is 0.772. The van der Waals surface area contributed by atoms with Crippen molar-refractivity contribution in [3.05, 3.63) is 69.7 Å². The van der Waals surface area contributed by atoms with Gasteiger partial charge in [-0.15, -0.1) is 0 Å². The molecule has 0 saturated heterocycles. The Bertz CT molecular complexity index is 612. The lowest BCUT2D eigenvalue weighted by Gasteiger charge is -2.19. The highest BCUT2D eigenvalue weighted by Crippen LogP contribution is 2.54. The summed E-state index contributed by atoms with van der Waals surface area (Å²) in [7, 11) is 0. The topological polar surface area (TPSA) is 12.0 Å². The molecule has 1 saturated carbocycles. The van der Waals surface area contributed by atoms with E-state index in [-0.39, 0.29) is 0 Å². The lowest BCUT2D eigenvalue weighted by Crippen LogP contribution is -2.23. The number of hydrogen-bond donors (Lipinski definition) is 1. The number of nitrogens with one attached hydrogen (secondary N) is 1. The zero-order valence-corrected chi connectivity index (χ0v) is 13.5. The van der Waals surface area contributed by atoms with Crippen molar-refractivity contribution in [3.8, 4) is 0 Å². The molecule has 3 atom stereocenters. The van der Waals surface area contributed by atoms with E-state index in [2.05, 4.69) is 48.6 Å². The Morgan fingerprint density at radius 2 is 1.86 bits per heavy atom. The van der Waals surface area contributed by atoms with E-state index in [1.54, 1.807) is 0 Å². The van der Waals surface area contributed by atoms with Gasteiger partial charge in [0, 0.05) is 6.04 Å². The van der Waals surface area contributed by atoms with E-state index in [1.807, 2.05) is 12.1 Å². The normalized spacial score (nSPS) is 22.0. The predicted octanol–water partition coefficient (Wildman–Crippen LogP) is 5.45. The Labute approximate surface area is 136 Å². The van der Waals surface area contributed by atoms with Crippen LogP contribution in [-0.2, 0) is 0 Å². The van der Waals surface area contributed by atoms with Crippen LogP contribution in [0.4, 0.5) is 0 Å². The van der Waals surface area contributed by atoms with Gasteiger partial charge in [-0.3, -0.25) is 0 Å². The first-order chi connectivity index (χ1) is 10.2. The first-order valence-electron chi connectivity index (χ1n) is 7.44. The largest absolute Gasteiger partial charge is 0.310 e. The molecule has 2 aromatic rings. The summed E-state index contributed by atoms with van der Waals surface area (Å²) in [5.74, 6) is 1.27. The second-order valence-electron chi connectivity index (χ2n) is 5.63. The maximum absolute atomic E-state index is 6.18. The molecule has 3 heteroatoms. The fourth-order valence-corrected chi connectivity index (χ4v) is 3.42. The van der Waals surface area contributed by atoms with E-state index in [0.29, 0.717) is 27.9 Å². The van der Waals surface area contributed by atoms with Crippen molar-refractivity contribution in [2.24, 2.45) is 5.92 Å². The van der Waals surface area contributed by atoms with Crippen molar-refractivity contribution in [3.63, 3.8) is 0 Å². The second-order valence-corrected chi connectivity index (χ2v) is 6.44. The zero-order chi connectivity index (χ0) is 14.8. The lowest BCUT2D eigenvalue weighted by atomic mass is 9.98. The molecule has 1 aliphatic rings. The van der Waals surface area contributed by atoms with Gasteiger partial charge in [0.2, 0.25) is 0 Å². The third kappa shape index (κ3) is 3.26. The Balaban J connectivity index is 1.81. The highest BCUT2D eigenvalue weighted by atomic mass is 35.5. The molecule has 110 valence electrons. The highest BCUT2D eigenvalue weighted by Gasteiger charge is 2.44. The van der Waals surface area contributed by atoms with Gasteiger partial charge >= 0.3 is 0 Å². The molecule has 21 heavy (non-hydrogen) atoms. The maximum atomic E-state index is 6.18. The lowest BCUT2D eigenvalue weighted by molar-refractivity contribution is 0.487. The molecule has 1 N–H and O–H groups in total. The third-order valence-corrected chi connectivity index (χ3v) is 4.96. The minimum absolute atomic E-state index is 0.343. The Morgan fingerprint density at radius 3 is 2.52 bits per heavy atom. The molecule has 0 aliphatic heterocycles. The van der Waals surface area contributed by atoms with Crippen molar-refractivity contribution in [2.75, 3.05) is 6.54 Å². The molecule has 0 spiro atoms. The van der Waals surface area contributed by atoms with Crippen molar-refractivity contribution >= 4 is 23.2 Å². The summed E-state index contributed by atoms with van der Waals surface area (Å²) in [5, 5.41) is 4.86. The van der Waals surface area contributed by atoms with Crippen LogP contribution in [-0.4, -0.2) is 6.54 Å².